The third-order valence-electron chi connectivity index (χ3n) is 2.37. The molecule has 1 aromatic carbocycles. The van der Waals surface area contributed by atoms with Crippen LogP contribution in [-0.2, 0) is 0 Å². The maximum absolute atomic E-state index is 6.08. The van der Waals surface area contributed by atoms with Crippen LogP contribution in [0.1, 0.15) is 5.56 Å². The van der Waals surface area contributed by atoms with Crippen LogP contribution >= 0.6 is 58.0 Å². The summed E-state index contributed by atoms with van der Waals surface area (Å²) in [5.41, 5.74) is 1.78. The summed E-state index contributed by atoms with van der Waals surface area (Å²) >= 11 is 29.9. The van der Waals surface area contributed by atoms with Gasteiger partial charge in [0, 0.05) is 10.0 Å². The molecular formula is C12H7Cl5. The summed E-state index contributed by atoms with van der Waals surface area (Å²) in [5, 5.41) is 0.645. The molecule has 0 aliphatic heterocycles. The van der Waals surface area contributed by atoms with E-state index < -0.39 is 9.71 Å². The average molecular weight is 328 g/mol. The summed E-state index contributed by atoms with van der Waals surface area (Å²) in [6.07, 6.45) is 5.24. The molecule has 0 saturated carbocycles. The van der Waals surface area contributed by atoms with Gasteiger partial charge < -0.3 is 0 Å². The Balaban J connectivity index is 2.40. The first-order chi connectivity index (χ1) is 7.88. The van der Waals surface area contributed by atoms with Crippen LogP contribution in [0.5, 0.6) is 0 Å². The fraction of sp³-hybridized carbons (Fsp3) is 0.167. The number of hydrogen-bond donors (Lipinski definition) is 0. The molecule has 1 aliphatic carbocycles. The Morgan fingerprint density at radius 2 is 1.59 bits per heavy atom. The van der Waals surface area contributed by atoms with Gasteiger partial charge in [0.25, 0.3) is 0 Å². The van der Waals surface area contributed by atoms with Gasteiger partial charge in [-0.15, -0.1) is 11.6 Å². The zero-order valence-corrected chi connectivity index (χ0v) is 12.2. The maximum atomic E-state index is 6.08. The van der Waals surface area contributed by atoms with Crippen LogP contribution in [0, 0.1) is 0 Å². The van der Waals surface area contributed by atoms with Crippen LogP contribution in [0.25, 0.3) is 5.57 Å². The highest BCUT2D eigenvalue weighted by molar-refractivity contribution is 6.54. The lowest BCUT2D eigenvalue weighted by Gasteiger charge is -2.23. The molecule has 0 amide bonds. The monoisotopic (exact) mass is 326 g/mol. The number of allylic oxidation sites excluding steroid dienone is 4. The largest absolute Gasteiger partial charge is 0.156 e. The predicted molar refractivity (Wildman–Crippen MR) is 77.7 cm³/mol. The minimum Gasteiger partial charge on any atom is -0.115 e. The van der Waals surface area contributed by atoms with E-state index in [9.17, 15) is 0 Å². The van der Waals surface area contributed by atoms with Gasteiger partial charge in [0.05, 0.1) is 5.38 Å². The number of benzene rings is 1. The maximum Gasteiger partial charge on any atom is 0.156 e. The molecule has 1 atom stereocenters. The highest BCUT2D eigenvalue weighted by atomic mass is 35.5. The van der Waals surface area contributed by atoms with Gasteiger partial charge in [-0.2, -0.15) is 0 Å². The third-order valence-corrected chi connectivity index (χ3v) is 4.23. The van der Waals surface area contributed by atoms with E-state index in [1.165, 1.54) is 0 Å². The van der Waals surface area contributed by atoms with E-state index in [1.807, 2.05) is 12.1 Å². The molecule has 90 valence electrons. The molecule has 0 radical (unpaired) electrons. The summed E-state index contributed by atoms with van der Waals surface area (Å²) in [6.45, 7) is 0. The zero-order valence-electron chi connectivity index (χ0n) is 8.43. The van der Waals surface area contributed by atoms with Crippen LogP contribution < -0.4 is 0 Å². The van der Waals surface area contributed by atoms with Gasteiger partial charge in [-0.1, -0.05) is 58.6 Å². The van der Waals surface area contributed by atoms with Crippen LogP contribution in [0.2, 0.25) is 10.0 Å². The highest BCUT2D eigenvalue weighted by Crippen LogP contribution is 2.38. The molecule has 0 aromatic heterocycles. The van der Waals surface area contributed by atoms with E-state index in [1.54, 1.807) is 24.3 Å². The molecule has 1 aliphatic rings. The Kier molecular flexibility index (Phi) is 4.02. The molecule has 1 aromatic rings. The van der Waals surface area contributed by atoms with E-state index in [0.717, 1.165) is 11.1 Å². The van der Waals surface area contributed by atoms with Crippen molar-refractivity contribution in [3.63, 3.8) is 0 Å². The van der Waals surface area contributed by atoms with Gasteiger partial charge in [-0.3, -0.25) is 0 Å². The molecule has 0 heterocycles. The molecule has 0 bridgehead atoms. The lowest BCUT2D eigenvalue weighted by molar-refractivity contribution is 0.973. The minimum absolute atomic E-state index is 0.497. The number of alkyl halides is 3. The van der Waals surface area contributed by atoms with Gasteiger partial charge in [-0.05, 0) is 35.4 Å². The van der Waals surface area contributed by atoms with Crippen molar-refractivity contribution in [1.82, 2.24) is 0 Å². The second-order valence-electron chi connectivity index (χ2n) is 3.69. The highest BCUT2D eigenvalue weighted by Gasteiger charge is 2.32. The number of rotatable bonds is 1. The van der Waals surface area contributed by atoms with Crippen molar-refractivity contribution in [3.8, 4) is 0 Å². The average Bonchev–Trinajstić information content (AvgIpc) is 2.20. The SMILES string of the molecule is Clc1cc(Cl)cc(C2=CC(Cl)C(Cl)(Cl)C=C2)c1. The smallest absolute Gasteiger partial charge is 0.115 e. The van der Waals surface area contributed by atoms with Crippen molar-refractivity contribution in [2.24, 2.45) is 0 Å². The number of hydrogen-bond acceptors (Lipinski definition) is 0. The molecule has 0 saturated heterocycles. The lowest BCUT2D eigenvalue weighted by Crippen LogP contribution is -2.24. The fourth-order valence-corrected chi connectivity index (χ4v) is 2.52. The quantitative estimate of drug-likeness (QED) is 0.578. The van der Waals surface area contributed by atoms with Gasteiger partial charge >= 0.3 is 0 Å². The first-order valence-electron chi connectivity index (χ1n) is 4.78. The van der Waals surface area contributed by atoms with Crippen molar-refractivity contribution in [2.45, 2.75) is 9.71 Å². The molecule has 5 heteroatoms. The van der Waals surface area contributed by atoms with Gasteiger partial charge in [-0.25, -0.2) is 0 Å². The molecule has 2 rings (SSSR count). The van der Waals surface area contributed by atoms with Crippen LogP contribution in [0.15, 0.2) is 36.4 Å². The Labute approximate surface area is 125 Å². The van der Waals surface area contributed by atoms with Gasteiger partial charge in [0.2, 0.25) is 0 Å². The normalized spacial score (nSPS) is 22.4. The molecule has 17 heavy (non-hydrogen) atoms. The van der Waals surface area contributed by atoms with E-state index >= 15 is 0 Å². The molecule has 0 fully saturated rings. The molecule has 0 nitrogen and oxygen atoms in total. The third kappa shape index (κ3) is 3.13. The van der Waals surface area contributed by atoms with E-state index in [-0.39, 0.29) is 0 Å². The standard InChI is InChI=1S/C12H7Cl5/c13-9-3-8(4-10(14)6-9)7-1-2-12(16,17)11(15)5-7/h1-6,11H. The first-order valence-corrected chi connectivity index (χ1v) is 6.73. The Morgan fingerprint density at radius 1 is 1.00 bits per heavy atom. The van der Waals surface area contributed by atoms with E-state index in [2.05, 4.69) is 0 Å². The minimum atomic E-state index is -1.08. The van der Waals surface area contributed by atoms with Crippen molar-refractivity contribution in [2.75, 3.05) is 0 Å². The van der Waals surface area contributed by atoms with Crippen molar-refractivity contribution < 1.29 is 0 Å². The van der Waals surface area contributed by atoms with Crippen LogP contribution in [0.4, 0.5) is 0 Å². The predicted octanol–water partition coefficient (Wildman–Crippen LogP) is 5.73. The molecular weight excluding hydrogens is 321 g/mol. The molecule has 1 unspecified atom stereocenters. The Bertz CT molecular complexity index is 481. The molecule has 0 N–H and O–H groups in total. The zero-order chi connectivity index (χ0) is 12.6. The first kappa shape index (κ1) is 13.6. The topological polar surface area (TPSA) is 0 Å². The second kappa shape index (κ2) is 5.03. The fourth-order valence-electron chi connectivity index (χ4n) is 1.53. The summed E-state index contributed by atoms with van der Waals surface area (Å²) in [4.78, 5) is 0. The van der Waals surface area contributed by atoms with Crippen LogP contribution in [0.3, 0.4) is 0 Å². The Hall–Kier alpha value is 0.150. The Morgan fingerprint density at radius 3 is 2.12 bits per heavy atom. The lowest BCUT2D eigenvalue weighted by atomic mass is 9.99. The van der Waals surface area contributed by atoms with Crippen molar-refractivity contribution in [3.05, 3.63) is 52.0 Å². The van der Waals surface area contributed by atoms with Crippen molar-refractivity contribution in [1.29, 1.82) is 0 Å². The summed E-state index contributed by atoms with van der Waals surface area (Å²) in [7, 11) is 0. The van der Waals surface area contributed by atoms with E-state index in [0.29, 0.717) is 10.0 Å². The van der Waals surface area contributed by atoms with Crippen LogP contribution in [-0.4, -0.2) is 9.71 Å². The summed E-state index contributed by atoms with van der Waals surface area (Å²) < 4.78 is -1.08. The van der Waals surface area contributed by atoms with Gasteiger partial charge in [0.15, 0.2) is 4.33 Å². The number of halogens is 5. The molecule has 0 spiro atoms. The van der Waals surface area contributed by atoms with E-state index in [4.69, 9.17) is 58.0 Å². The second-order valence-corrected chi connectivity index (χ2v) is 6.48. The summed E-state index contributed by atoms with van der Waals surface area (Å²) in [5.74, 6) is 0. The van der Waals surface area contributed by atoms with Gasteiger partial charge in [0.1, 0.15) is 0 Å². The summed E-state index contributed by atoms with van der Waals surface area (Å²) in [6, 6.07) is 5.29. The van der Waals surface area contributed by atoms with Crippen molar-refractivity contribution >= 4 is 63.6 Å².